The van der Waals surface area contributed by atoms with Crippen LogP contribution in [-0.4, -0.2) is 53.4 Å². The SMILES string of the molecule is COc1ccc(-c2cc(C(=O)N3CC[C@@](O)(c4ccc(C)cc4)C3)[nH]n2)c(OC)c1. The third-order valence-corrected chi connectivity index (χ3v) is 5.62. The number of aryl methyl sites for hydroxylation is 1. The molecule has 1 saturated heterocycles. The van der Waals surface area contributed by atoms with E-state index in [-0.39, 0.29) is 12.5 Å². The molecule has 30 heavy (non-hydrogen) atoms. The van der Waals surface area contributed by atoms with Gasteiger partial charge in [-0.2, -0.15) is 5.10 Å². The maximum absolute atomic E-state index is 13.0. The number of H-pyrrole nitrogens is 1. The standard InChI is InChI=1S/C23H25N3O4/c1-15-4-6-16(7-5-15)23(28)10-11-26(14-23)22(27)20-13-19(24-25-20)18-9-8-17(29-2)12-21(18)30-3/h4-9,12-13,28H,10-11,14H2,1-3H3,(H,24,25)/t23-/m0/s1. The van der Waals surface area contributed by atoms with Crippen LogP contribution in [0.1, 0.15) is 28.0 Å². The summed E-state index contributed by atoms with van der Waals surface area (Å²) in [4.78, 5) is 14.7. The third-order valence-electron chi connectivity index (χ3n) is 5.62. The predicted molar refractivity (Wildman–Crippen MR) is 113 cm³/mol. The number of hydrogen-bond acceptors (Lipinski definition) is 5. The van der Waals surface area contributed by atoms with Crippen LogP contribution in [0.15, 0.2) is 48.5 Å². The molecule has 7 nitrogen and oxygen atoms in total. The molecular weight excluding hydrogens is 382 g/mol. The summed E-state index contributed by atoms with van der Waals surface area (Å²) >= 11 is 0. The number of benzene rings is 2. The number of carbonyl (C=O) groups is 1. The van der Waals surface area contributed by atoms with Crippen LogP contribution >= 0.6 is 0 Å². The summed E-state index contributed by atoms with van der Waals surface area (Å²) in [7, 11) is 3.17. The van der Waals surface area contributed by atoms with E-state index < -0.39 is 5.60 Å². The maximum Gasteiger partial charge on any atom is 0.271 e. The minimum Gasteiger partial charge on any atom is -0.497 e. The van der Waals surface area contributed by atoms with E-state index in [2.05, 4.69) is 10.2 Å². The number of nitrogens with one attached hydrogen (secondary N) is 1. The highest BCUT2D eigenvalue weighted by Gasteiger charge is 2.40. The number of likely N-dealkylation sites (tertiary alicyclic amines) is 1. The molecule has 1 atom stereocenters. The molecule has 156 valence electrons. The maximum atomic E-state index is 13.0. The predicted octanol–water partition coefficient (Wildman–Crippen LogP) is 3.14. The van der Waals surface area contributed by atoms with Crippen LogP contribution in [0.25, 0.3) is 11.3 Å². The van der Waals surface area contributed by atoms with Gasteiger partial charge in [0.15, 0.2) is 0 Å². The van der Waals surface area contributed by atoms with Crippen molar-refractivity contribution >= 4 is 5.91 Å². The molecule has 4 rings (SSSR count). The smallest absolute Gasteiger partial charge is 0.271 e. The zero-order valence-electron chi connectivity index (χ0n) is 17.3. The Morgan fingerprint density at radius 2 is 1.90 bits per heavy atom. The first kappa shape index (κ1) is 20.0. The van der Waals surface area contributed by atoms with Crippen molar-refractivity contribution in [3.63, 3.8) is 0 Å². The largest absolute Gasteiger partial charge is 0.497 e. The van der Waals surface area contributed by atoms with Crippen molar-refractivity contribution in [2.75, 3.05) is 27.3 Å². The first-order valence-electron chi connectivity index (χ1n) is 9.80. The average Bonchev–Trinajstić information content (AvgIpc) is 3.41. The van der Waals surface area contributed by atoms with Gasteiger partial charge in [0.25, 0.3) is 5.91 Å². The third kappa shape index (κ3) is 3.64. The Bertz CT molecular complexity index is 1060. The quantitative estimate of drug-likeness (QED) is 0.679. The molecule has 0 saturated carbocycles. The van der Waals surface area contributed by atoms with Crippen LogP contribution < -0.4 is 9.47 Å². The molecule has 0 spiro atoms. The number of aromatic amines is 1. The van der Waals surface area contributed by atoms with Crippen molar-refractivity contribution in [2.45, 2.75) is 18.9 Å². The molecule has 0 unspecified atom stereocenters. The van der Waals surface area contributed by atoms with E-state index in [1.54, 1.807) is 31.3 Å². The zero-order valence-corrected chi connectivity index (χ0v) is 17.3. The van der Waals surface area contributed by atoms with Crippen LogP contribution in [0, 0.1) is 6.92 Å². The molecule has 2 N–H and O–H groups in total. The number of nitrogens with zero attached hydrogens (tertiary/aromatic N) is 2. The summed E-state index contributed by atoms with van der Waals surface area (Å²) < 4.78 is 10.7. The summed E-state index contributed by atoms with van der Waals surface area (Å²) in [5.41, 5.74) is 2.66. The fraction of sp³-hybridized carbons (Fsp3) is 0.304. The Balaban J connectivity index is 1.53. The minimum absolute atomic E-state index is 0.190. The number of methoxy groups -OCH3 is 2. The molecule has 2 aromatic carbocycles. The van der Waals surface area contributed by atoms with E-state index >= 15 is 0 Å². The normalized spacial score (nSPS) is 18.5. The number of amides is 1. The molecular formula is C23H25N3O4. The Hall–Kier alpha value is -3.32. The van der Waals surface area contributed by atoms with E-state index in [1.807, 2.05) is 43.3 Å². The highest BCUT2D eigenvalue weighted by atomic mass is 16.5. The molecule has 1 amide bonds. The number of rotatable bonds is 5. The van der Waals surface area contributed by atoms with Gasteiger partial charge in [0.2, 0.25) is 0 Å². The monoisotopic (exact) mass is 407 g/mol. The molecule has 0 aliphatic carbocycles. The molecule has 7 heteroatoms. The fourth-order valence-electron chi connectivity index (χ4n) is 3.82. The Kier molecular flexibility index (Phi) is 5.22. The van der Waals surface area contributed by atoms with E-state index in [9.17, 15) is 9.90 Å². The van der Waals surface area contributed by atoms with Gasteiger partial charge in [0.1, 0.15) is 22.8 Å². The molecule has 1 aliphatic heterocycles. The molecule has 2 heterocycles. The van der Waals surface area contributed by atoms with E-state index in [1.165, 1.54) is 0 Å². The van der Waals surface area contributed by atoms with E-state index in [4.69, 9.17) is 9.47 Å². The van der Waals surface area contributed by atoms with Crippen molar-refractivity contribution in [2.24, 2.45) is 0 Å². The van der Waals surface area contributed by atoms with Crippen LogP contribution in [0.2, 0.25) is 0 Å². The van der Waals surface area contributed by atoms with Crippen molar-refractivity contribution in [3.8, 4) is 22.8 Å². The highest BCUT2D eigenvalue weighted by Crippen LogP contribution is 2.34. The van der Waals surface area contributed by atoms with Crippen molar-refractivity contribution in [3.05, 3.63) is 65.4 Å². The van der Waals surface area contributed by atoms with Gasteiger partial charge in [-0.05, 0) is 37.1 Å². The molecule has 1 aliphatic rings. The van der Waals surface area contributed by atoms with Crippen LogP contribution in [0.4, 0.5) is 0 Å². The van der Waals surface area contributed by atoms with Crippen molar-refractivity contribution < 1.29 is 19.4 Å². The van der Waals surface area contributed by atoms with Crippen molar-refractivity contribution in [1.82, 2.24) is 15.1 Å². The summed E-state index contributed by atoms with van der Waals surface area (Å²) in [6.07, 6.45) is 0.495. The number of hydrogen-bond donors (Lipinski definition) is 2. The second-order valence-corrected chi connectivity index (χ2v) is 7.61. The second-order valence-electron chi connectivity index (χ2n) is 7.61. The van der Waals surface area contributed by atoms with Gasteiger partial charge in [0.05, 0.1) is 26.5 Å². The Labute approximate surface area is 175 Å². The topological polar surface area (TPSA) is 87.7 Å². The summed E-state index contributed by atoms with van der Waals surface area (Å²) in [5, 5.41) is 18.2. The first-order valence-corrected chi connectivity index (χ1v) is 9.80. The lowest BCUT2D eigenvalue weighted by atomic mass is 9.92. The van der Waals surface area contributed by atoms with Crippen LogP contribution in [0.3, 0.4) is 0 Å². The fourth-order valence-corrected chi connectivity index (χ4v) is 3.82. The van der Waals surface area contributed by atoms with Gasteiger partial charge in [-0.3, -0.25) is 9.89 Å². The lowest BCUT2D eigenvalue weighted by molar-refractivity contribution is 0.0415. The first-order chi connectivity index (χ1) is 14.4. The van der Waals surface area contributed by atoms with Gasteiger partial charge < -0.3 is 19.5 Å². The number of carbonyl (C=O) groups excluding carboxylic acids is 1. The summed E-state index contributed by atoms with van der Waals surface area (Å²) in [6, 6.07) is 14.9. The molecule has 3 aromatic rings. The molecule has 0 radical (unpaired) electrons. The average molecular weight is 407 g/mol. The Morgan fingerprint density at radius 3 is 2.60 bits per heavy atom. The minimum atomic E-state index is -1.04. The number of aromatic nitrogens is 2. The van der Waals surface area contributed by atoms with Gasteiger partial charge in [-0.25, -0.2) is 0 Å². The molecule has 1 aromatic heterocycles. The molecule has 1 fully saturated rings. The lowest BCUT2D eigenvalue weighted by Gasteiger charge is -2.24. The van der Waals surface area contributed by atoms with E-state index in [0.717, 1.165) is 16.7 Å². The van der Waals surface area contributed by atoms with Gasteiger partial charge in [0, 0.05) is 18.2 Å². The number of β-amino-alcohol motifs (C(OH)–C–C–N with tert-alkyl or cyclic N) is 1. The zero-order chi connectivity index (χ0) is 21.3. The van der Waals surface area contributed by atoms with Gasteiger partial charge in [-0.15, -0.1) is 0 Å². The van der Waals surface area contributed by atoms with Crippen LogP contribution in [0.5, 0.6) is 11.5 Å². The van der Waals surface area contributed by atoms with Gasteiger partial charge >= 0.3 is 0 Å². The van der Waals surface area contributed by atoms with Gasteiger partial charge in [-0.1, -0.05) is 29.8 Å². The highest BCUT2D eigenvalue weighted by molar-refractivity contribution is 5.94. The number of aliphatic hydroxyl groups is 1. The number of ether oxygens (including phenoxy) is 2. The molecule has 0 bridgehead atoms. The Morgan fingerprint density at radius 1 is 1.13 bits per heavy atom. The van der Waals surface area contributed by atoms with Crippen molar-refractivity contribution in [1.29, 1.82) is 0 Å². The lowest BCUT2D eigenvalue weighted by Crippen LogP contribution is -2.34. The second kappa shape index (κ2) is 7.84. The van der Waals surface area contributed by atoms with Crippen LogP contribution in [-0.2, 0) is 5.60 Å². The summed E-state index contributed by atoms with van der Waals surface area (Å²) in [5.74, 6) is 1.09. The summed E-state index contributed by atoms with van der Waals surface area (Å²) in [6.45, 7) is 2.73. The van der Waals surface area contributed by atoms with E-state index in [0.29, 0.717) is 35.9 Å².